The highest BCUT2D eigenvalue weighted by Crippen LogP contribution is 2.14. The van der Waals surface area contributed by atoms with E-state index in [1.807, 2.05) is 32.0 Å². The number of hydrogen-bond acceptors (Lipinski definition) is 3. The van der Waals surface area contributed by atoms with Gasteiger partial charge in [0.25, 0.3) is 0 Å². The molecule has 2 atom stereocenters. The standard InChI is InChI=1S/C15H24N2O2/c1-11-6-4-7-13(10-11)12(2)17-15(18)14(16)8-5-9-19-3/h4,6-7,10,12,14H,5,8-9,16H2,1-3H3,(H,17,18)/t12-,14?/m0/s1. The van der Waals surface area contributed by atoms with Crippen molar-refractivity contribution in [3.05, 3.63) is 35.4 Å². The van der Waals surface area contributed by atoms with Crippen LogP contribution in [0.2, 0.25) is 0 Å². The van der Waals surface area contributed by atoms with Crippen LogP contribution in [0.15, 0.2) is 24.3 Å². The number of carbonyl (C=O) groups is 1. The van der Waals surface area contributed by atoms with Crippen molar-refractivity contribution in [2.24, 2.45) is 5.73 Å². The molecular weight excluding hydrogens is 240 g/mol. The summed E-state index contributed by atoms with van der Waals surface area (Å²) in [5.74, 6) is -0.106. The van der Waals surface area contributed by atoms with Crippen molar-refractivity contribution in [1.82, 2.24) is 5.32 Å². The Hall–Kier alpha value is -1.39. The Kier molecular flexibility index (Phi) is 6.53. The monoisotopic (exact) mass is 264 g/mol. The number of ether oxygens (including phenoxy) is 1. The molecule has 0 aromatic heterocycles. The van der Waals surface area contributed by atoms with E-state index < -0.39 is 6.04 Å². The molecule has 0 bridgehead atoms. The highest BCUT2D eigenvalue weighted by molar-refractivity contribution is 5.81. The first kappa shape index (κ1) is 15.7. The molecule has 1 aromatic carbocycles. The van der Waals surface area contributed by atoms with Crippen LogP contribution in [-0.4, -0.2) is 25.7 Å². The SMILES string of the molecule is COCCCC(N)C(=O)N[C@@H](C)c1cccc(C)c1. The molecule has 0 saturated carbocycles. The summed E-state index contributed by atoms with van der Waals surface area (Å²) < 4.78 is 4.95. The predicted octanol–water partition coefficient (Wildman–Crippen LogP) is 1.93. The minimum atomic E-state index is -0.470. The number of rotatable bonds is 7. The second kappa shape index (κ2) is 7.92. The van der Waals surface area contributed by atoms with Crippen LogP contribution in [0.4, 0.5) is 0 Å². The number of carbonyl (C=O) groups excluding carboxylic acids is 1. The van der Waals surface area contributed by atoms with Crippen LogP contribution in [0.1, 0.15) is 36.9 Å². The highest BCUT2D eigenvalue weighted by Gasteiger charge is 2.16. The lowest BCUT2D eigenvalue weighted by atomic mass is 10.0. The van der Waals surface area contributed by atoms with Gasteiger partial charge in [-0.15, -0.1) is 0 Å². The fourth-order valence-corrected chi connectivity index (χ4v) is 1.92. The van der Waals surface area contributed by atoms with Crippen molar-refractivity contribution in [3.63, 3.8) is 0 Å². The maximum absolute atomic E-state index is 11.9. The van der Waals surface area contributed by atoms with E-state index >= 15 is 0 Å². The minimum Gasteiger partial charge on any atom is -0.385 e. The summed E-state index contributed by atoms with van der Waals surface area (Å²) in [4.78, 5) is 11.9. The van der Waals surface area contributed by atoms with Crippen LogP contribution in [0, 0.1) is 6.92 Å². The van der Waals surface area contributed by atoms with Crippen molar-refractivity contribution in [1.29, 1.82) is 0 Å². The molecule has 0 aliphatic rings. The number of nitrogens with one attached hydrogen (secondary N) is 1. The van der Waals surface area contributed by atoms with Crippen molar-refractivity contribution in [2.75, 3.05) is 13.7 Å². The van der Waals surface area contributed by atoms with Gasteiger partial charge in [-0.3, -0.25) is 4.79 Å². The van der Waals surface area contributed by atoms with E-state index in [1.165, 1.54) is 5.56 Å². The summed E-state index contributed by atoms with van der Waals surface area (Å²) >= 11 is 0. The van der Waals surface area contributed by atoms with E-state index in [2.05, 4.69) is 11.4 Å². The second-order valence-electron chi connectivity index (χ2n) is 4.89. The maximum atomic E-state index is 11.9. The Morgan fingerprint density at radius 3 is 2.84 bits per heavy atom. The normalized spacial score (nSPS) is 13.9. The molecule has 0 radical (unpaired) electrons. The lowest BCUT2D eigenvalue weighted by Crippen LogP contribution is -2.41. The van der Waals surface area contributed by atoms with Crippen LogP contribution in [-0.2, 0) is 9.53 Å². The Balaban J connectivity index is 2.47. The zero-order chi connectivity index (χ0) is 14.3. The molecule has 3 N–H and O–H groups in total. The van der Waals surface area contributed by atoms with Crippen molar-refractivity contribution < 1.29 is 9.53 Å². The van der Waals surface area contributed by atoms with Crippen molar-refractivity contribution in [2.45, 2.75) is 38.8 Å². The Bertz CT molecular complexity index is 407. The number of aryl methyl sites for hydroxylation is 1. The van der Waals surface area contributed by atoms with Crippen molar-refractivity contribution >= 4 is 5.91 Å². The smallest absolute Gasteiger partial charge is 0.237 e. The molecule has 1 aromatic rings. The van der Waals surface area contributed by atoms with E-state index in [0.29, 0.717) is 13.0 Å². The average molecular weight is 264 g/mol. The molecule has 4 nitrogen and oxygen atoms in total. The van der Waals surface area contributed by atoms with Crippen LogP contribution in [0.5, 0.6) is 0 Å². The third kappa shape index (κ3) is 5.41. The quantitative estimate of drug-likeness (QED) is 0.740. The zero-order valence-corrected chi connectivity index (χ0v) is 12.0. The summed E-state index contributed by atoms with van der Waals surface area (Å²) in [6.45, 7) is 4.64. The third-order valence-corrected chi connectivity index (χ3v) is 3.10. The average Bonchev–Trinajstić information content (AvgIpc) is 2.38. The molecule has 0 fully saturated rings. The predicted molar refractivity (Wildman–Crippen MR) is 76.8 cm³/mol. The lowest BCUT2D eigenvalue weighted by Gasteiger charge is -2.18. The summed E-state index contributed by atoms with van der Waals surface area (Å²) in [6.07, 6.45) is 1.43. The first-order chi connectivity index (χ1) is 9.04. The molecule has 0 saturated heterocycles. The Morgan fingerprint density at radius 1 is 1.47 bits per heavy atom. The van der Waals surface area contributed by atoms with E-state index in [4.69, 9.17) is 10.5 Å². The van der Waals surface area contributed by atoms with Gasteiger partial charge in [0.05, 0.1) is 12.1 Å². The highest BCUT2D eigenvalue weighted by atomic mass is 16.5. The van der Waals surface area contributed by atoms with Crippen LogP contribution >= 0.6 is 0 Å². The summed E-state index contributed by atoms with van der Waals surface area (Å²) in [5.41, 5.74) is 8.12. The number of amides is 1. The third-order valence-electron chi connectivity index (χ3n) is 3.10. The number of nitrogens with two attached hydrogens (primary N) is 1. The lowest BCUT2D eigenvalue weighted by molar-refractivity contribution is -0.123. The molecule has 0 aliphatic carbocycles. The van der Waals surface area contributed by atoms with Gasteiger partial charge in [-0.2, -0.15) is 0 Å². The second-order valence-corrected chi connectivity index (χ2v) is 4.89. The van der Waals surface area contributed by atoms with Gasteiger partial charge in [0, 0.05) is 13.7 Å². The molecule has 1 rings (SSSR count). The van der Waals surface area contributed by atoms with E-state index in [0.717, 1.165) is 12.0 Å². The molecule has 0 heterocycles. The minimum absolute atomic E-state index is 0.0270. The van der Waals surface area contributed by atoms with Crippen LogP contribution in [0.25, 0.3) is 0 Å². The molecule has 4 heteroatoms. The largest absolute Gasteiger partial charge is 0.385 e. The molecule has 106 valence electrons. The molecule has 0 spiro atoms. The number of hydrogen-bond donors (Lipinski definition) is 2. The number of benzene rings is 1. The van der Waals surface area contributed by atoms with Crippen LogP contribution < -0.4 is 11.1 Å². The van der Waals surface area contributed by atoms with Crippen molar-refractivity contribution in [3.8, 4) is 0 Å². The van der Waals surface area contributed by atoms with Gasteiger partial charge in [-0.25, -0.2) is 0 Å². The molecule has 19 heavy (non-hydrogen) atoms. The van der Waals surface area contributed by atoms with Gasteiger partial charge in [-0.1, -0.05) is 29.8 Å². The Labute approximate surface area is 115 Å². The maximum Gasteiger partial charge on any atom is 0.237 e. The first-order valence-electron chi connectivity index (χ1n) is 6.66. The van der Waals surface area contributed by atoms with E-state index in [1.54, 1.807) is 7.11 Å². The Morgan fingerprint density at radius 2 is 2.21 bits per heavy atom. The van der Waals surface area contributed by atoms with Gasteiger partial charge in [-0.05, 0) is 32.3 Å². The number of methoxy groups -OCH3 is 1. The van der Waals surface area contributed by atoms with E-state index in [9.17, 15) is 4.79 Å². The fourth-order valence-electron chi connectivity index (χ4n) is 1.92. The zero-order valence-electron chi connectivity index (χ0n) is 12.0. The molecule has 1 amide bonds. The summed E-state index contributed by atoms with van der Waals surface area (Å²) in [7, 11) is 1.64. The van der Waals surface area contributed by atoms with Crippen LogP contribution in [0.3, 0.4) is 0 Å². The van der Waals surface area contributed by atoms with Gasteiger partial charge in [0.1, 0.15) is 0 Å². The topological polar surface area (TPSA) is 64.3 Å². The van der Waals surface area contributed by atoms with E-state index in [-0.39, 0.29) is 11.9 Å². The van der Waals surface area contributed by atoms with Gasteiger partial charge in [0.15, 0.2) is 0 Å². The molecular formula is C15H24N2O2. The van der Waals surface area contributed by atoms with Gasteiger partial charge >= 0.3 is 0 Å². The molecule has 1 unspecified atom stereocenters. The van der Waals surface area contributed by atoms with Gasteiger partial charge < -0.3 is 15.8 Å². The molecule has 0 aliphatic heterocycles. The first-order valence-corrected chi connectivity index (χ1v) is 6.66. The summed E-state index contributed by atoms with van der Waals surface area (Å²) in [5, 5.41) is 2.95. The van der Waals surface area contributed by atoms with Gasteiger partial charge in [0.2, 0.25) is 5.91 Å². The fraction of sp³-hybridized carbons (Fsp3) is 0.533. The summed E-state index contributed by atoms with van der Waals surface area (Å²) in [6, 6.07) is 7.61.